The third kappa shape index (κ3) is 11.7. The average molecular weight is 676 g/mol. The van der Waals surface area contributed by atoms with Crippen LogP contribution in [0.15, 0.2) is 12.4 Å². The van der Waals surface area contributed by atoms with Crippen LogP contribution in [0.2, 0.25) is 10.3 Å². The van der Waals surface area contributed by atoms with E-state index >= 15 is 0 Å². The van der Waals surface area contributed by atoms with E-state index < -0.39 is 30.2 Å². The molecule has 2 fully saturated rings. The molecule has 2 saturated heterocycles. The van der Waals surface area contributed by atoms with Crippen LogP contribution in [0.1, 0.15) is 77.1 Å². The molecule has 0 radical (unpaired) electrons. The molecule has 3 amide bonds. The number of methoxy groups -OCH3 is 2. The summed E-state index contributed by atoms with van der Waals surface area (Å²) in [7, 11) is 2.47. The Morgan fingerprint density at radius 2 is 1.42 bits per heavy atom. The van der Waals surface area contributed by atoms with E-state index in [-0.39, 0.29) is 23.8 Å². The van der Waals surface area contributed by atoms with Gasteiger partial charge in [0, 0.05) is 6.54 Å². The first-order valence-electron chi connectivity index (χ1n) is 14.6. The van der Waals surface area contributed by atoms with Crippen LogP contribution in [0.3, 0.4) is 0 Å². The van der Waals surface area contributed by atoms with Crippen LogP contribution in [0.25, 0.3) is 0 Å². The number of amides is 3. The smallest absolute Gasteiger partial charge is 0.407 e. The standard InChI is InChI=1S/C14H21ClN4O3.C7H10ClN3.C7H13NO4/c1-8(2)11(18-14(21)22-3)13(20)19-6-4-5-9(19)12-16-7-10(15)17-12;8-6-4-10-7(11-6)5-2-1-3-9-5;1-4(2)5(6(9)10)8-7(11)12-3/h7-9,11H,4-6H2,1-3H3,(H,16,17)(H,18,21);4-5,9H,1-3H2,(H,10,11);4-5H,1-3H3,(H,8,11)(H,9,10)/t9-,11-;2*5-/m000/s1. The molecule has 0 aromatic carbocycles. The number of H-pyrrole nitrogens is 2. The number of aliphatic carboxylic acids is 1. The van der Waals surface area contributed by atoms with Crippen LogP contribution < -0.4 is 16.0 Å². The lowest BCUT2D eigenvalue weighted by molar-refractivity contribution is -0.140. The van der Waals surface area contributed by atoms with Gasteiger partial charge < -0.3 is 45.4 Å². The van der Waals surface area contributed by atoms with Crippen molar-refractivity contribution in [2.45, 2.75) is 77.5 Å². The number of aromatic amines is 2. The van der Waals surface area contributed by atoms with Gasteiger partial charge in [0.25, 0.3) is 0 Å². The van der Waals surface area contributed by atoms with E-state index in [1.807, 2.05) is 13.8 Å². The lowest BCUT2D eigenvalue weighted by Crippen LogP contribution is -2.51. The third-order valence-corrected chi connectivity index (χ3v) is 7.54. The summed E-state index contributed by atoms with van der Waals surface area (Å²) in [5.41, 5.74) is 0. The number of halogens is 2. The normalized spacial score (nSPS) is 18.7. The fourth-order valence-corrected chi connectivity index (χ4v) is 5.07. The summed E-state index contributed by atoms with van der Waals surface area (Å²) in [6.07, 6.45) is 5.94. The van der Waals surface area contributed by atoms with Crippen LogP contribution >= 0.6 is 23.2 Å². The topological polar surface area (TPSA) is 204 Å². The molecule has 0 bridgehead atoms. The number of carbonyl (C=O) groups excluding carboxylic acids is 3. The molecule has 15 nitrogen and oxygen atoms in total. The molecular weight excluding hydrogens is 631 g/mol. The highest BCUT2D eigenvalue weighted by atomic mass is 35.5. The molecule has 2 aromatic heterocycles. The number of carboxylic acid groups (broad SMARTS) is 1. The van der Waals surface area contributed by atoms with Crippen molar-refractivity contribution < 1.29 is 33.8 Å². The van der Waals surface area contributed by atoms with Gasteiger partial charge in [-0.2, -0.15) is 0 Å². The molecule has 2 aliphatic rings. The Balaban J connectivity index is 0.000000259. The van der Waals surface area contributed by atoms with Crippen molar-refractivity contribution in [3.63, 3.8) is 0 Å². The van der Waals surface area contributed by atoms with Gasteiger partial charge in [-0.05, 0) is 44.1 Å². The maximum Gasteiger partial charge on any atom is 0.407 e. The summed E-state index contributed by atoms with van der Waals surface area (Å²) in [4.78, 5) is 61.5. The van der Waals surface area contributed by atoms with Gasteiger partial charge in [-0.1, -0.05) is 50.9 Å². The quantitative estimate of drug-likeness (QED) is 0.237. The summed E-state index contributed by atoms with van der Waals surface area (Å²) in [5.74, 6) is 0.240. The largest absolute Gasteiger partial charge is 0.480 e. The SMILES string of the molecule is COC(=O)N[C@H](C(=O)N1CCC[C@H]1c1ncc(Cl)[nH]1)C(C)C.COC(=O)N[C@H](C(=O)O)C(C)C.Clc1cnc([C@@H]2CCCN2)[nH]1. The predicted octanol–water partition coefficient (Wildman–Crippen LogP) is 4.05. The summed E-state index contributed by atoms with van der Waals surface area (Å²) in [6, 6.07) is -1.26. The van der Waals surface area contributed by atoms with Gasteiger partial charge in [0.15, 0.2) is 0 Å². The maximum atomic E-state index is 12.8. The predicted molar refractivity (Wildman–Crippen MR) is 167 cm³/mol. The monoisotopic (exact) mass is 674 g/mol. The van der Waals surface area contributed by atoms with Gasteiger partial charge in [-0.3, -0.25) is 4.79 Å². The molecule has 17 heteroatoms. The Morgan fingerprint density at radius 1 is 0.889 bits per heavy atom. The van der Waals surface area contributed by atoms with Crippen molar-refractivity contribution in [3.8, 4) is 0 Å². The van der Waals surface area contributed by atoms with E-state index in [0.29, 0.717) is 28.7 Å². The first kappa shape index (κ1) is 37.6. The Morgan fingerprint density at radius 3 is 1.84 bits per heavy atom. The minimum Gasteiger partial charge on any atom is -0.480 e. The van der Waals surface area contributed by atoms with Gasteiger partial charge in [-0.25, -0.2) is 24.4 Å². The molecular formula is C28H44Cl2N8O7. The van der Waals surface area contributed by atoms with Crippen LogP contribution in [0.5, 0.6) is 0 Å². The molecule has 0 unspecified atom stereocenters. The van der Waals surface area contributed by atoms with Crippen LogP contribution in [0, 0.1) is 11.8 Å². The number of likely N-dealkylation sites (tertiary alicyclic amines) is 1. The minimum absolute atomic E-state index is 0.0481. The van der Waals surface area contributed by atoms with Gasteiger partial charge in [-0.15, -0.1) is 0 Å². The average Bonchev–Trinajstić information content (AvgIpc) is 3.81. The molecule has 6 N–H and O–H groups in total. The van der Waals surface area contributed by atoms with E-state index in [1.54, 1.807) is 24.9 Å². The highest BCUT2D eigenvalue weighted by molar-refractivity contribution is 6.29. The van der Waals surface area contributed by atoms with Crippen molar-refractivity contribution in [3.05, 3.63) is 34.3 Å². The molecule has 4 heterocycles. The van der Waals surface area contributed by atoms with Crippen molar-refractivity contribution in [1.82, 2.24) is 40.8 Å². The fourth-order valence-electron chi connectivity index (χ4n) is 4.78. The molecule has 0 spiro atoms. The molecule has 0 aliphatic carbocycles. The van der Waals surface area contributed by atoms with E-state index in [9.17, 15) is 19.2 Å². The van der Waals surface area contributed by atoms with Crippen molar-refractivity contribution in [2.24, 2.45) is 11.8 Å². The van der Waals surface area contributed by atoms with E-state index in [2.05, 4.69) is 45.4 Å². The van der Waals surface area contributed by atoms with Gasteiger partial charge in [0.1, 0.15) is 34.0 Å². The Bertz CT molecular complexity index is 1250. The maximum absolute atomic E-state index is 12.8. The van der Waals surface area contributed by atoms with Crippen molar-refractivity contribution in [2.75, 3.05) is 27.3 Å². The molecule has 45 heavy (non-hydrogen) atoms. The second kappa shape index (κ2) is 18.4. The number of carboxylic acids is 1. The van der Waals surface area contributed by atoms with Gasteiger partial charge >= 0.3 is 18.2 Å². The summed E-state index contributed by atoms with van der Waals surface area (Å²) < 4.78 is 8.87. The summed E-state index contributed by atoms with van der Waals surface area (Å²) >= 11 is 11.6. The number of carbonyl (C=O) groups is 4. The first-order valence-corrected chi connectivity index (χ1v) is 15.4. The molecule has 2 aromatic rings. The number of imidazole rings is 2. The van der Waals surface area contributed by atoms with E-state index in [0.717, 1.165) is 31.6 Å². The molecule has 4 atom stereocenters. The number of aromatic nitrogens is 4. The Kier molecular flexibility index (Phi) is 15.4. The lowest BCUT2D eigenvalue weighted by atomic mass is 10.0. The Labute approximate surface area is 272 Å². The lowest BCUT2D eigenvalue weighted by Gasteiger charge is -2.29. The molecule has 2 aliphatic heterocycles. The zero-order chi connectivity index (χ0) is 33.7. The second-order valence-electron chi connectivity index (χ2n) is 11.1. The zero-order valence-electron chi connectivity index (χ0n) is 26.4. The number of nitrogens with zero attached hydrogens (tertiary/aromatic N) is 3. The third-order valence-electron chi connectivity index (χ3n) is 7.15. The van der Waals surface area contributed by atoms with Crippen LogP contribution in [-0.4, -0.2) is 93.4 Å². The summed E-state index contributed by atoms with van der Waals surface area (Å²) in [6.45, 7) is 8.89. The highest BCUT2D eigenvalue weighted by Gasteiger charge is 2.37. The minimum atomic E-state index is -1.06. The van der Waals surface area contributed by atoms with Gasteiger partial charge in [0.2, 0.25) is 5.91 Å². The number of hydrogen-bond acceptors (Lipinski definition) is 9. The second-order valence-corrected chi connectivity index (χ2v) is 11.9. The van der Waals surface area contributed by atoms with E-state index in [1.165, 1.54) is 26.8 Å². The fraction of sp³-hybridized carbons (Fsp3) is 0.643. The number of rotatable bonds is 8. The molecule has 4 rings (SSSR count). The Hall–Kier alpha value is -3.56. The zero-order valence-corrected chi connectivity index (χ0v) is 27.9. The van der Waals surface area contributed by atoms with Gasteiger partial charge in [0.05, 0.1) is 38.7 Å². The number of nitrogens with one attached hydrogen (secondary N) is 5. The highest BCUT2D eigenvalue weighted by Crippen LogP contribution is 2.31. The van der Waals surface area contributed by atoms with E-state index in [4.69, 9.17) is 28.3 Å². The summed E-state index contributed by atoms with van der Waals surface area (Å²) in [5, 5.41) is 17.8. The van der Waals surface area contributed by atoms with Crippen molar-refractivity contribution >= 4 is 47.3 Å². The van der Waals surface area contributed by atoms with Crippen LogP contribution in [-0.2, 0) is 19.1 Å². The number of alkyl carbamates (subject to hydrolysis) is 2. The molecule has 252 valence electrons. The first-order chi connectivity index (χ1) is 21.3. The molecule has 0 saturated carbocycles. The van der Waals surface area contributed by atoms with Crippen molar-refractivity contribution in [1.29, 1.82) is 0 Å². The number of ether oxygens (including phenoxy) is 2. The number of hydrogen-bond donors (Lipinski definition) is 6. The van der Waals surface area contributed by atoms with Crippen LogP contribution in [0.4, 0.5) is 9.59 Å².